The summed E-state index contributed by atoms with van der Waals surface area (Å²) in [5, 5.41) is 2.63. The van der Waals surface area contributed by atoms with Crippen molar-refractivity contribution in [2.75, 3.05) is 17.7 Å². The van der Waals surface area contributed by atoms with E-state index < -0.39 is 11.6 Å². The highest BCUT2D eigenvalue weighted by atomic mass is 79.9. The Kier molecular flexibility index (Phi) is 4.89. The Balaban J connectivity index is 2.29. The molecule has 0 saturated carbocycles. The van der Waals surface area contributed by atoms with Gasteiger partial charge in [0, 0.05) is 6.07 Å². The van der Waals surface area contributed by atoms with Crippen LogP contribution in [-0.2, 0) is 0 Å². The largest absolute Gasteiger partial charge is 0.476 e. The first kappa shape index (κ1) is 15.4. The number of aromatic nitrogens is 2. The summed E-state index contributed by atoms with van der Waals surface area (Å²) in [6, 6.07) is 2.02. The van der Waals surface area contributed by atoms with Crippen molar-refractivity contribution in [1.82, 2.24) is 9.97 Å². The fourth-order valence-corrected chi connectivity index (χ4v) is 1.85. The minimum atomic E-state index is -0.641. The van der Waals surface area contributed by atoms with Crippen molar-refractivity contribution in [3.8, 4) is 5.88 Å². The molecule has 1 heterocycles. The van der Waals surface area contributed by atoms with Gasteiger partial charge in [-0.3, -0.25) is 0 Å². The zero-order chi connectivity index (χ0) is 15.4. The third-order valence-corrected chi connectivity index (χ3v) is 3.16. The van der Waals surface area contributed by atoms with E-state index >= 15 is 0 Å². The quantitative estimate of drug-likeness (QED) is 0.798. The highest BCUT2D eigenvalue weighted by Crippen LogP contribution is 2.30. The van der Waals surface area contributed by atoms with Crippen LogP contribution in [0.25, 0.3) is 0 Å². The predicted molar refractivity (Wildman–Crippen MR) is 79.6 cm³/mol. The molecule has 3 N–H and O–H groups in total. The zero-order valence-electron chi connectivity index (χ0n) is 11.2. The van der Waals surface area contributed by atoms with Gasteiger partial charge in [0.2, 0.25) is 5.88 Å². The summed E-state index contributed by atoms with van der Waals surface area (Å²) in [5.41, 5.74) is 5.90. The van der Waals surface area contributed by atoms with E-state index in [0.29, 0.717) is 6.61 Å². The first-order valence-corrected chi connectivity index (χ1v) is 6.97. The van der Waals surface area contributed by atoms with Crippen molar-refractivity contribution in [2.45, 2.75) is 13.3 Å². The van der Waals surface area contributed by atoms with E-state index in [0.717, 1.165) is 18.6 Å². The number of hydrogen-bond donors (Lipinski definition) is 2. The average Bonchev–Trinajstić information content (AvgIpc) is 2.45. The van der Waals surface area contributed by atoms with Crippen LogP contribution in [0.5, 0.6) is 5.88 Å². The molecular weight excluding hydrogens is 346 g/mol. The highest BCUT2D eigenvalue weighted by Gasteiger charge is 2.13. The minimum absolute atomic E-state index is 0.0353. The van der Waals surface area contributed by atoms with E-state index in [4.69, 9.17) is 10.5 Å². The second-order valence-corrected chi connectivity index (χ2v) is 5.02. The molecule has 112 valence electrons. The van der Waals surface area contributed by atoms with E-state index in [1.807, 2.05) is 6.92 Å². The second kappa shape index (κ2) is 6.66. The molecule has 0 bridgehead atoms. The van der Waals surface area contributed by atoms with Crippen molar-refractivity contribution < 1.29 is 13.5 Å². The number of benzene rings is 1. The van der Waals surface area contributed by atoms with Gasteiger partial charge in [0.25, 0.3) is 0 Å². The number of anilines is 3. The van der Waals surface area contributed by atoms with Crippen molar-refractivity contribution in [1.29, 1.82) is 0 Å². The number of ether oxygens (including phenoxy) is 1. The number of nitrogens with two attached hydrogens (primary N) is 1. The first-order valence-electron chi connectivity index (χ1n) is 6.17. The molecule has 8 heteroatoms. The Bertz CT molecular complexity index is 654. The summed E-state index contributed by atoms with van der Waals surface area (Å²) in [5.74, 6) is -0.893. The fourth-order valence-electron chi connectivity index (χ4n) is 1.54. The standard InChI is InChI=1S/C13H13BrF2N4O/c1-2-3-21-13-11(17)12(18-6-19-13)20-10-5-8(15)7(14)4-9(10)16/h4-6H,2-3,17H2,1H3,(H,18,19,20). The molecule has 0 radical (unpaired) electrons. The van der Waals surface area contributed by atoms with E-state index in [9.17, 15) is 8.78 Å². The second-order valence-electron chi connectivity index (χ2n) is 4.16. The lowest BCUT2D eigenvalue weighted by Crippen LogP contribution is -2.06. The summed E-state index contributed by atoms with van der Waals surface area (Å²) in [6.07, 6.45) is 2.02. The lowest BCUT2D eigenvalue weighted by Gasteiger charge is -2.12. The molecule has 1 aromatic heterocycles. The molecule has 0 amide bonds. The van der Waals surface area contributed by atoms with Gasteiger partial charge in [-0.25, -0.2) is 13.8 Å². The first-order chi connectivity index (χ1) is 10.0. The van der Waals surface area contributed by atoms with E-state index in [2.05, 4.69) is 31.2 Å². The van der Waals surface area contributed by atoms with Crippen molar-refractivity contribution >= 4 is 33.1 Å². The van der Waals surface area contributed by atoms with Gasteiger partial charge in [-0.05, 0) is 28.4 Å². The summed E-state index contributed by atoms with van der Waals surface area (Å²) < 4.78 is 32.6. The van der Waals surface area contributed by atoms with Gasteiger partial charge < -0.3 is 15.8 Å². The van der Waals surface area contributed by atoms with Gasteiger partial charge in [0.15, 0.2) is 5.82 Å². The van der Waals surface area contributed by atoms with Crippen molar-refractivity contribution in [2.24, 2.45) is 0 Å². The van der Waals surface area contributed by atoms with Gasteiger partial charge >= 0.3 is 0 Å². The molecular formula is C13H13BrF2N4O. The topological polar surface area (TPSA) is 73.1 Å². The van der Waals surface area contributed by atoms with Crippen LogP contribution in [0.15, 0.2) is 22.9 Å². The molecule has 0 saturated heterocycles. The molecule has 21 heavy (non-hydrogen) atoms. The van der Waals surface area contributed by atoms with Gasteiger partial charge in [-0.15, -0.1) is 0 Å². The predicted octanol–water partition coefficient (Wildman–Crippen LogP) is 3.63. The zero-order valence-corrected chi connectivity index (χ0v) is 12.7. The maximum Gasteiger partial charge on any atom is 0.242 e. The third kappa shape index (κ3) is 3.57. The summed E-state index contributed by atoms with van der Waals surface area (Å²) in [7, 11) is 0. The number of nitrogens with zero attached hydrogens (tertiary/aromatic N) is 2. The average molecular weight is 359 g/mol. The fraction of sp³-hybridized carbons (Fsp3) is 0.231. The van der Waals surface area contributed by atoms with Crippen LogP contribution in [0.4, 0.5) is 26.0 Å². The number of nitrogens with one attached hydrogen (secondary N) is 1. The summed E-state index contributed by atoms with van der Waals surface area (Å²) in [4.78, 5) is 7.81. The van der Waals surface area contributed by atoms with Gasteiger partial charge in [0.05, 0.1) is 16.8 Å². The Morgan fingerprint density at radius 2 is 2.05 bits per heavy atom. The van der Waals surface area contributed by atoms with E-state index in [1.54, 1.807) is 0 Å². The van der Waals surface area contributed by atoms with Crippen LogP contribution in [0.3, 0.4) is 0 Å². The molecule has 0 atom stereocenters. The molecule has 0 aliphatic carbocycles. The SMILES string of the molecule is CCCOc1ncnc(Nc2cc(F)c(Br)cc2F)c1N. The van der Waals surface area contributed by atoms with Crippen LogP contribution in [0.1, 0.15) is 13.3 Å². The maximum atomic E-state index is 13.8. The highest BCUT2D eigenvalue weighted by molar-refractivity contribution is 9.10. The molecule has 0 fully saturated rings. The summed E-state index contributed by atoms with van der Waals surface area (Å²) in [6.45, 7) is 2.39. The molecule has 0 unspecified atom stereocenters. The van der Waals surface area contributed by atoms with Gasteiger partial charge in [-0.2, -0.15) is 4.98 Å². The van der Waals surface area contributed by atoms with Crippen molar-refractivity contribution in [3.05, 3.63) is 34.6 Å². The molecule has 2 aromatic rings. The smallest absolute Gasteiger partial charge is 0.242 e. The number of halogens is 3. The molecule has 1 aromatic carbocycles. The monoisotopic (exact) mass is 358 g/mol. The van der Waals surface area contributed by atoms with Crippen LogP contribution in [0, 0.1) is 11.6 Å². The van der Waals surface area contributed by atoms with Crippen LogP contribution in [-0.4, -0.2) is 16.6 Å². The lowest BCUT2D eigenvalue weighted by molar-refractivity contribution is 0.307. The van der Waals surface area contributed by atoms with Gasteiger partial charge in [0.1, 0.15) is 23.6 Å². The molecule has 0 spiro atoms. The van der Waals surface area contributed by atoms with E-state index in [-0.39, 0.29) is 27.5 Å². The normalized spacial score (nSPS) is 10.5. The molecule has 0 aliphatic rings. The number of nitrogen functional groups attached to an aromatic ring is 1. The molecule has 5 nitrogen and oxygen atoms in total. The van der Waals surface area contributed by atoms with E-state index in [1.165, 1.54) is 6.33 Å². The van der Waals surface area contributed by atoms with Crippen LogP contribution >= 0.6 is 15.9 Å². The molecule has 0 aliphatic heterocycles. The van der Waals surface area contributed by atoms with Crippen LogP contribution < -0.4 is 15.8 Å². The summed E-state index contributed by atoms with van der Waals surface area (Å²) >= 11 is 2.91. The van der Waals surface area contributed by atoms with Crippen molar-refractivity contribution in [3.63, 3.8) is 0 Å². The maximum absolute atomic E-state index is 13.8. The lowest BCUT2D eigenvalue weighted by atomic mass is 10.3. The third-order valence-electron chi connectivity index (χ3n) is 2.55. The Morgan fingerprint density at radius 3 is 2.76 bits per heavy atom. The van der Waals surface area contributed by atoms with Gasteiger partial charge in [-0.1, -0.05) is 6.92 Å². The number of rotatable bonds is 5. The minimum Gasteiger partial charge on any atom is -0.476 e. The van der Waals surface area contributed by atoms with Crippen LogP contribution in [0.2, 0.25) is 0 Å². The Hall–Kier alpha value is -1.96. The molecule has 2 rings (SSSR count). The Morgan fingerprint density at radius 1 is 1.29 bits per heavy atom. The number of hydrogen-bond acceptors (Lipinski definition) is 5. The Labute approximate surface area is 128 Å².